The van der Waals surface area contributed by atoms with Crippen molar-refractivity contribution in [1.29, 1.82) is 5.26 Å². The van der Waals surface area contributed by atoms with E-state index in [9.17, 15) is 18.0 Å². The lowest BCUT2D eigenvalue weighted by atomic mass is 10.2. The number of hydrogen-bond acceptors (Lipinski definition) is 6. The topological polar surface area (TPSA) is 117 Å². The Morgan fingerprint density at radius 1 is 1.00 bits per heavy atom. The predicted octanol–water partition coefficient (Wildman–Crippen LogP) is 3.57. The van der Waals surface area contributed by atoms with Crippen LogP contribution in [0.2, 0.25) is 0 Å². The third-order valence-electron chi connectivity index (χ3n) is 4.60. The van der Waals surface area contributed by atoms with Crippen LogP contribution in [0.5, 0.6) is 0 Å². The van der Waals surface area contributed by atoms with E-state index in [-0.39, 0.29) is 17.0 Å². The second-order valence-electron chi connectivity index (χ2n) is 6.85. The fraction of sp³-hybridized carbons (Fsp3) is 0.125. The Morgan fingerprint density at radius 3 is 2.42 bits per heavy atom. The Kier molecular flexibility index (Phi) is 7.43. The van der Waals surface area contributed by atoms with Gasteiger partial charge >= 0.3 is 5.97 Å². The highest BCUT2D eigenvalue weighted by molar-refractivity contribution is 7.92. The molecule has 0 aliphatic rings. The van der Waals surface area contributed by atoms with Crippen LogP contribution in [0.25, 0.3) is 0 Å². The van der Waals surface area contributed by atoms with Crippen molar-refractivity contribution < 1.29 is 22.7 Å². The number of rotatable bonds is 8. The molecule has 3 rings (SSSR count). The molecule has 0 heterocycles. The minimum absolute atomic E-state index is 0.000493. The minimum Gasteiger partial charge on any atom is -0.452 e. The number of carbonyl (C=O) groups is 2. The Labute approximate surface area is 192 Å². The molecular formula is C24H21N3O5S. The van der Waals surface area contributed by atoms with Crippen LogP contribution in [0.1, 0.15) is 22.8 Å². The number of nitriles is 1. The molecule has 8 nitrogen and oxygen atoms in total. The van der Waals surface area contributed by atoms with E-state index in [1.165, 1.54) is 34.6 Å². The van der Waals surface area contributed by atoms with Crippen LogP contribution in [-0.4, -0.2) is 33.4 Å². The van der Waals surface area contributed by atoms with Crippen molar-refractivity contribution in [2.75, 3.05) is 22.8 Å². The molecule has 0 unspecified atom stereocenters. The maximum absolute atomic E-state index is 13.1. The van der Waals surface area contributed by atoms with Crippen molar-refractivity contribution in [3.63, 3.8) is 0 Å². The highest BCUT2D eigenvalue weighted by Crippen LogP contribution is 2.24. The Hall–Kier alpha value is -4.16. The zero-order valence-corrected chi connectivity index (χ0v) is 18.6. The summed E-state index contributed by atoms with van der Waals surface area (Å²) in [6.45, 7) is 1.35. The Balaban J connectivity index is 1.70. The molecule has 3 aromatic rings. The molecular weight excluding hydrogens is 442 g/mol. The summed E-state index contributed by atoms with van der Waals surface area (Å²) in [6, 6.07) is 22.4. The number of nitrogens with one attached hydrogen (secondary N) is 1. The lowest BCUT2D eigenvalue weighted by Crippen LogP contribution is -2.30. The third kappa shape index (κ3) is 5.75. The first-order valence-corrected chi connectivity index (χ1v) is 11.4. The fourth-order valence-corrected chi connectivity index (χ4v) is 4.59. The summed E-state index contributed by atoms with van der Waals surface area (Å²) in [5.74, 6) is -1.43. The summed E-state index contributed by atoms with van der Waals surface area (Å²) < 4.78 is 32.6. The van der Waals surface area contributed by atoms with Gasteiger partial charge in [0.25, 0.3) is 15.9 Å². The van der Waals surface area contributed by atoms with E-state index in [2.05, 4.69) is 5.32 Å². The molecule has 0 atom stereocenters. The first-order chi connectivity index (χ1) is 15.8. The van der Waals surface area contributed by atoms with Crippen LogP contribution < -0.4 is 9.62 Å². The molecule has 0 radical (unpaired) electrons. The van der Waals surface area contributed by atoms with E-state index in [0.717, 1.165) is 0 Å². The van der Waals surface area contributed by atoms with Crippen molar-refractivity contribution in [3.8, 4) is 6.07 Å². The van der Waals surface area contributed by atoms with Crippen molar-refractivity contribution in [2.24, 2.45) is 0 Å². The molecule has 0 saturated heterocycles. The maximum atomic E-state index is 13.1. The van der Waals surface area contributed by atoms with Crippen LogP contribution in [0.3, 0.4) is 0 Å². The van der Waals surface area contributed by atoms with Gasteiger partial charge in [0.2, 0.25) is 0 Å². The highest BCUT2D eigenvalue weighted by atomic mass is 32.2. The van der Waals surface area contributed by atoms with Gasteiger partial charge in [-0.15, -0.1) is 0 Å². The summed E-state index contributed by atoms with van der Waals surface area (Å²) in [6.07, 6.45) is 0. The second kappa shape index (κ2) is 10.4. The second-order valence-corrected chi connectivity index (χ2v) is 8.71. The lowest BCUT2D eigenvalue weighted by molar-refractivity contribution is -0.119. The van der Waals surface area contributed by atoms with Gasteiger partial charge in [-0.3, -0.25) is 9.10 Å². The number of anilines is 2. The van der Waals surface area contributed by atoms with E-state index in [1.807, 2.05) is 6.07 Å². The molecule has 0 aliphatic heterocycles. The average molecular weight is 464 g/mol. The van der Waals surface area contributed by atoms with Gasteiger partial charge in [-0.25, -0.2) is 13.2 Å². The number of esters is 1. The standard InChI is InChI=1S/C24H21N3O5S/c1-2-27(21-11-4-3-5-12-21)33(30,31)22-13-7-9-19(15-22)24(29)32-17-23(28)26-20-10-6-8-18(14-20)16-25/h3-15H,2,17H2,1H3,(H,26,28). The molecule has 1 N–H and O–H groups in total. The van der Waals surface area contributed by atoms with Crippen molar-refractivity contribution >= 4 is 33.3 Å². The van der Waals surface area contributed by atoms with Crippen LogP contribution in [0, 0.1) is 11.3 Å². The fourth-order valence-electron chi connectivity index (χ4n) is 3.07. The number of nitrogens with zero attached hydrogens (tertiary/aromatic N) is 2. The smallest absolute Gasteiger partial charge is 0.338 e. The van der Waals surface area contributed by atoms with Gasteiger partial charge in [-0.2, -0.15) is 5.26 Å². The van der Waals surface area contributed by atoms with Crippen LogP contribution in [-0.2, 0) is 19.6 Å². The van der Waals surface area contributed by atoms with Crippen LogP contribution >= 0.6 is 0 Å². The molecule has 168 valence electrons. The van der Waals surface area contributed by atoms with Gasteiger partial charge in [-0.1, -0.05) is 30.3 Å². The number of amides is 1. The number of carbonyl (C=O) groups excluding carboxylic acids is 2. The minimum atomic E-state index is -3.92. The molecule has 0 aromatic heterocycles. The van der Waals surface area contributed by atoms with E-state index in [0.29, 0.717) is 16.9 Å². The van der Waals surface area contributed by atoms with E-state index < -0.39 is 28.5 Å². The van der Waals surface area contributed by atoms with Gasteiger partial charge in [0, 0.05) is 12.2 Å². The molecule has 0 bridgehead atoms. The summed E-state index contributed by atoms with van der Waals surface area (Å²) in [7, 11) is -3.92. The number of ether oxygens (including phenoxy) is 1. The number of para-hydroxylation sites is 1. The molecule has 0 aliphatic carbocycles. The normalized spacial score (nSPS) is 10.7. The maximum Gasteiger partial charge on any atom is 0.338 e. The Bertz CT molecular complexity index is 1300. The number of benzene rings is 3. The summed E-state index contributed by atoms with van der Waals surface area (Å²) in [5.41, 5.74) is 1.27. The molecule has 1 amide bonds. The van der Waals surface area contributed by atoms with Crippen molar-refractivity contribution in [2.45, 2.75) is 11.8 Å². The van der Waals surface area contributed by atoms with Gasteiger partial charge in [-0.05, 0) is 55.5 Å². The monoisotopic (exact) mass is 463 g/mol. The van der Waals surface area contributed by atoms with Crippen LogP contribution in [0.4, 0.5) is 11.4 Å². The highest BCUT2D eigenvalue weighted by Gasteiger charge is 2.24. The largest absolute Gasteiger partial charge is 0.452 e. The number of sulfonamides is 1. The van der Waals surface area contributed by atoms with Crippen molar-refractivity contribution in [1.82, 2.24) is 0 Å². The molecule has 0 spiro atoms. The molecule has 3 aromatic carbocycles. The molecule has 0 saturated carbocycles. The van der Waals surface area contributed by atoms with E-state index in [4.69, 9.17) is 10.00 Å². The SMILES string of the molecule is CCN(c1ccccc1)S(=O)(=O)c1cccc(C(=O)OCC(=O)Nc2cccc(C#N)c2)c1. The van der Waals surface area contributed by atoms with Crippen molar-refractivity contribution in [3.05, 3.63) is 90.0 Å². The predicted molar refractivity (Wildman–Crippen MR) is 123 cm³/mol. The zero-order chi connectivity index (χ0) is 23.8. The average Bonchev–Trinajstić information content (AvgIpc) is 2.83. The quantitative estimate of drug-likeness (QED) is 0.511. The van der Waals surface area contributed by atoms with Gasteiger partial charge in [0.05, 0.1) is 27.8 Å². The lowest BCUT2D eigenvalue weighted by Gasteiger charge is -2.23. The first kappa shape index (κ1) is 23.5. The summed E-state index contributed by atoms with van der Waals surface area (Å²) >= 11 is 0. The summed E-state index contributed by atoms with van der Waals surface area (Å²) in [4.78, 5) is 24.5. The Morgan fingerprint density at radius 2 is 1.73 bits per heavy atom. The van der Waals surface area contributed by atoms with Crippen LogP contribution in [0.15, 0.2) is 83.8 Å². The third-order valence-corrected chi connectivity index (χ3v) is 6.50. The van der Waals surface area contributed by atoms with Gasteiger partial charge in [0.1, 0.15) is 0 Å². The van der Waals surface area contributed by atoms with Gasteiger partial charge in [0.15, 0.2) is 6.61 Å². The molecule has 0 fully saturated rings. The molecule has 9 heteroatoms. The van der Waals surface area contributed by atoms with Gasteiger partial charge < -0.3 is 10.1 Å². The zero-order valence-electron chi connectivity index (χ0n) is 17.8. The van der Waals surface area contributed by atoms with E-state index >= 15 is 0 Å². The first-order valence-electron chi connectivity index (χ1n) is 10.00. The summed E-state index contributed by atoms with van der Waals surface area (Å²) in [5, 5.41) is 11.4. The van der Waals surface area contributed by atoms with E-state index in [1.54, 1.807) is 55.5 Å². The molecule has 33 heavy (non-hydrogen) atoms. The number of hydrogen-bond donors (Lipinski definition) is 1.